The van der Waals surface area contributed by atoms with Crippen LogP contribution in [0.15, 0.2) is 522 Å². The normalized spacial score (nSPS) is 12.2. The van der Waals surface area contributed by atoms with Crippen molar-refractivity contribution < 1.29 is 0 Å². The molecule has 135 heavy (non-hydrogen) atoms. The molecule has 2 heterocycles. The molecular weight excluding hydrogens is 1630 g/mol. The third-order valence-corrected chi connectivity index (χ3v) is 28.6. The fourth-order valence-electron chi connectivity index (χ4n) is 22.9. The highest BCUT2D eigenvalue weighted by atomic mass is 15.0. The first-order valence-corrected chi connectivity index (χ1v) is 46.8. The number of hydrogen-bond acceptors (Lipinski definition) is 0. The fourth-order valence-corrected chi connectivity index (χ4v) is 22.9. The van der Waals surface area contributed by atoms with Crippen LogP contribution < -0.4 is 0 Å². The van der Waals surface area contributed by atoms with Gasteiger partial charge in [-0.25, -0.2) is 0 Å². The van der Waals surface area contributed by atoms with Gasteiger partial charge in [0.25, 0.3) is 0 Å². The molecule has 1 aliphatic carbocycles. The van der Waals surface area contributed by atoms with Gasteiger partial charge in [0.05, 0.1) is 27.5 Å². The van der Waals surface area contributed by atoms with Gasteiger partial charge in [0.2, 0.25) is 0 Å². The Bertz CT molecular complexity index is 9340. The molecule has 1 aliphatic rings. The van der Waals surface area contributed by atoms with Crippen LogP contribution in [-0.2, 0) is 5.41 Å². The summed E-state index contributed by atoms with van der Waals surface area (Å²) in [7, 11) is 0. The molecule has 0 radical (unpaired) electrons. The lowest BCUT2D eigenvalue weighted by Crippen LogP contribution is -2.28. The van der Waals surface area contributed by atoms with Crippen LogP contribution in [0, 0.1) is 0 Å². The predicted octanol–water partition coefficient (Wildman–Crippen LogP) is 36.0. The maximum atomic E-state index is 2.48. The third kappa shape index (κ3) is 12.8. The van der Waals surface area contributed by atoms with E-state index >= 15 is 0 Å². The molecule has 28 rings (SSSR count). The molecule has 0 bridgehead atoms. The monoisotopic (exact) mass is 1710 g/mol. The molecule has 628 valence electrons. The summed E-state index contributed by atoms with van der Waals surface area (Å²) in [6.45, 7) is 0. The van der Waals surface area contributed by atoms with Gasteiger partial charge in [-0.1, -0.05) is 425 Å². The van der Waals surface area contributed by atoms with Crippen molar-refractivity contribution in [2.24, 2.45) is 0 Å². The van der Waals surface area contributed by atoms with Crippen LogP contribution in [0.5, 0.6) is 0 Å². The van der Waals surface area contributed by atoms with E-state index in [0.717, 1.165) is 0 Å². The maximum absolute atomic E-state index is 2.48. The summed E-state index contributed by atoms with van der Waals surface area (Å²) >= 11 is 0. The van der Waals surface area contributed by atoms with Gasteiger partial charge < -0.3 is 9.13 Å². The molecule has 2 nitrogen and oxygen atoms in total. The minimum Gasteiger partial charge on any atom is -0.309 e. The van der Waals surface area contributed by atoms with Crippen molar-refractivity contribution in [3.8, 4) is 89.3 Å². The number of benzene rings is 25. The lowest BCUT2D eigenvalue weighted by atomic mass is 9.67. The number of nitrogens with zero attached hydrogens (tertiary/aromatic N) is 2. The summed E-state index contributed by atoms with van der Waals surface area (Å²) in [4.78, 5) is 0. The molecular formula is C133H86N2. The van der Waals surface area contributed by atoms with Crippen molar-refractivity contribution in [3.63, 3.8) is 0 Å². The van der Waals surface area contributed by atoms with Gasteiger partial charge in [0.1, 0.15) is 0 Å². The zero-order valence-corrected chi connectivity index (χ0v) is 74.0. The number of para-hydroxylation sites is 4. The van der Waals surface area contributed by atoms with E-state index in [2.05, 4.69) is 531 Å². The van der Waals surface area contributed by atoms with Crippen molar-refractivity contribution in [2.75, 3.05) is 0 Å². The lowest BCUT2D eigenvalue weighted by molar-refractivity contribution is 0.769. The first kappa shape index (κ1) is 78.5. The molecule has 0 saturated heterocycles. The number of hydrogen-bond donors (Lipinski definition) is 0. The van der Waals surface area contributed by atoms with Crippen LogP contribution in [0.3, 0.4) is 0 Å². The Morgan fingerprint density at radius 1 is 0.126 bits per heavy atom. The second kappa shape index (κ2) is 32.5. The molecule has 0 spiro atoms. The first-order chi connectivity index (χ1) is 67.0. The Morgan fingerprint density at radius 2 is 0.415 bits per heavy atom. The lowest BCUT2D eigenvalue weighted by Gasteiger charge is -2.34. The molecule has 0 fully saturated rings. The van der Waals surface area contributed by atoms with Crippen LogP contribution in [0.1, 0.15) is 22.3 Å². The van der Waals surface area contributed by atoms with Crippen LogP contribution in [0.2, 0.25) is 0 Å². The molecule has 25 aromatic carbocycles. The van der Waals surface area contributed by atoms with Crippen LogP contribution in [0.4, 0.5) is 0 Å². The minimum absolute atomic E-state index is 0.438. The minimum atomic E-state index is -0.438. The number of rotatable bonds is 10. The molecule has 0 saturated carbocycles. The van der Waals surface area contributed by atoms with Crippen molar-refractivity contribution in [2.45, 2.75) is 5.41 Å². The van der Waals surface area contributed by atoms with Gasteiger partial charge in [-0.05, 0) is 294 Å². The van der Waals surface area contributed by atoms with Gasteiger partial charge in [-0.3, -0.25) is 0 Å². The highest BCUT2D eigenvalue weighted by molar-refractivity contribution is 6.33. The van der Waals surface area contributed by atoms with Crippen molar-refractivity contribution >= 4 is 141 Å². The van der Waals surface area contributed by atoms with Gasteiger partial charge in [0.15, 0.2) is 0 Å². The van der Waals surface area contributed by atoms with E-state index in [1.807, 2.05) is 0 Å². The van der Waals surface area contributed by atoms with Gasteiger partial charge >= 0.3 is 0 Å². The Kier molecular flexibility index (Phi) is 18.9. The van der Waals surface area contributed by atoms with E-state index in [-0.39, 0.29) is 0 Å². The van der Waals surface area contributed by atoms with Crippen LogP contribution in [0.25, 0.3) is 230 Å². The van der Waals surface area contributed by atoms with E-state index in [1.54, 1.807) is 0 Å². The van der Waals surface area contributed by atoms with Crippen LogP contribution >= 0.6 is 0 Å². The largest absolute Gasteiger partial charge is 0.309 e. The Morgan fingerprint density at radius 3 is 0.867 bits per heavy atom. The molecule has 0 atom stereocenters. The summed E-state index contributed by atoms with van der Waals surface area (Å²) in [6, 6.07) is 191. The molecule has 2 heteroatoms. The first-order valence-electron chi connectivity index (χ1n) is 46.8. The van der Waals surface area contributed by atoms with Crippen molar-refractivity contribution in [1.82, 2.24) is 9.13 Å². The second-order valence-electron chi connectivity index (χ2n) is 35.8. The molecule has 0 unspecified atom stereocenters. The Hall–Kier alpha value is -17.6. The van der Waals surface area contributed by atoms with Crippen molar-refractivity contribution in [1.29, 1.82) is 0 Å². The Labute approximate surface area is 782 Å². The number of fused-ring (bicyclic) bond motifs is 27. The molecule has 0 aliphatic heterocycles. The van der Waals surface area contributed by atoms with E-state index in [4.69, 9.17) is 0 Å². The molecule has 2 aromatic heterocycles. The zero-order valence-electron chi connectivity index (χ0n) is 74.0. The smallest absolute Gasteiger partial charge is 0.0713 e. The SMILES string of the molecule is c1ccc(-c2cc(-c3ccc4c(c3)C(c3ccccc3)(c3ccccc3)c3ccccc3-4)cc3c4ccccc4c4ccccc4c23)cc1.c1ccc(-c2cc(-c3ccc4c(c3)c3ccccc3n4-c3ccccc3)cc3c4ccccc4c4ccccc4c23)cc1.c1ccc(-c2cc(-c3cccc4c3c3ccccc3n4-c3ccccc3)cc3c4ccccc4c4ccccc4c23)cc1. The quantitative estimate of drug-likeness (QED) is 0.121. The number of aromatic nitrogens is 2. The molecule has 27 aromatic rings. The topological polar surface area (TPSA) is 9.86 Å². The summed E-state index contributed by atoms with van der Waals surface area (Å²) < 4.78 is 4.78. The zero-order chi connectivity index (χ0) is 89.0. The highest BCUT2D eigenvalue weighted by Gasteiger charge is 2.46. The summed E-state index contributed by atoms with van der Waals surface area (Å²) in [6.07, 6.45) is 0. The maximum Gasteiger partial charge on any atom is 0.0713 e. The van der Waals surface area contributed by atoms with E-state index in [9.17, 15) is 0 Å². The Balaban J connectivity index is 0.000000106. The van der Waals surface area contributed by atoms with Gasteiger partial charge in [0, 0.05) is 32.9 Å². The molecule has 0 N–H and O–H groups in total. The van der Waals surface area contributed by atoms with E-state index in [0.29, 0.717) is 0 Å². The summed E-state index contributed by atoms with van der Waals surface area (Å²) in [5.74, 6) is 0. The predicted molar refractivity (Wildman–Crippen MR) is 575 cm³/mol. The average molecular weight is 1710 g/mol. The average Bonchev–Trinajstić information content (AvgIpc) is 1.65. The van der Waals surface area contributed by atoms with E-state index < -0.39 is 5.41 Å². The summed E-state index contributed by atoms with van der Waals surface area (Å²) in [5, 5.41) is 28.4. The van der Waals surface area contributed by atoms with Gasteiger partial charge in [-0.15, -0.1) is 0 Å². The van der Waals surface area contributed by atoms with Crippen molar-refractivity contribution in [3.05, 3.63) is 544 Å². The van der Waals surface area contributed by atoms with Crippen LogP contribution in [-0.4, -0.2) is 9.13 Å². The second-order valence-corrected chi connectivity index (χ2v) is 35.8. The third-order valence-electron chi connectivity index (χ3n) is 28.6. The standard InChI is InChI=1S/C49H32.2C42H27N/c1-4-16-33(17-5-1)44-30-35(31-45-40-24-11-10-22-38(40)39-23-12-13-26-43(39)48(44)45)34-28-29-42-41-25-14-15-27-46(41)49(47(42)32-34,36-18-6-2-7-19-36)37-20-8-3-9-21-37;1-3-14-28(15-4-1)37-26-29(27-38-34-20-8-7-18-32(34)33-19-9-10-21-35(33)41(37)38)31-23-13-25-40-42(31)36-22-11-12-24-39(36)43(40)30-16-5-2-6-17-30;1-3-13-28(14-4-1)37-26-30(27-39-34-19-8-7-17-32(34)33-18-9-10-21-36(33)42(37)39)29-23-24-41-38(25-29)35-20-11-12-22-40(35)43(41)31-15-5-2-6-16-31/h1-32H;2*1-27H. The fraction of sp³-hybridized carbons (Fsp3) is 0.00752. The summed E-state index contributed by atoms with van der Waals surface area (Å²) in [5.41, 5.74) is 29.5. The molecule has 0 amide bonds. The van der Waals surface area contributed by atoms with E-state index in [1.165, 1.54) is 252 Å². The van der Waals surface area contributed by atoms with Gasteiger partial charge in [-0.2, -0.15) is 0 Å². The highest BCUT2D eigenvalue weighted by Crippen LogP contribution is 2.58.